The summed E-state index contributed by atoms with van der Waals surface area (Å²) in [5.41, 5.74) is 2.90. The number of rotatable bonds is 3. The lowest BCUT2D eigenvalue weighted by atomic mass is 10.1. The zero-order chi connectivity index (χ0) is 9.80. The molecule has 0 N–H and O–H groups in total. The Hall–Kier alpha value is -1.24. The second kappa shape index (κ2) is 4.32. The summed E-state index contributed by atoms with van der Waals surface area (Å²) in [6.07, 6.45) is 7.73. The van der Waals surface area contributed by atoms with E-state index >= 15 is 0 Å². The molecule has 0 heterocycles. The number of aryl methyl sites for hydroxylation is 1. The minimum Gasteiger partial charge on any atom is -0.489 e. The summed E-state index contributed by atoms with van der Waals surface area (Å²) in [6, 6.07) is 6.38. The van der Waals surface area contributed by atoms with Crippen LogP contribution < -0.4 is 4.74 Å². The van der Waals surface area contributed by atoms with Crippen LogP contribution in [0.2, 0.25) is 0 Å². The topological polar surface area (TPSA) is 9.23 Å². The summed E-state index contributed by atoms with van der Waals surface area (Å²) in [5, 5.41) is 0. The van der Waals surface area contributed by atoms with Crippen LogP contribution in [0.5, 0.6) is 5.75 Å². The molecule has 14 heavy (non-hydrogen) atoms. The summed E-state index contributed by atoms with van der Waals surface area (Å²) in [6.45, 7) is 2.70. The lowest BCUT2D eigenvalue weighted by Gasteiger charge is -2.08. The fourth-order valence-corrected chi connectivity index (χ4v) is 1.95. The standard InChI is InChI=1S/C13H16O/c1-2-3-10-14-13-9-5-7-11-6-4-8-12(11)13/h2-3,5,7,9H,4,6,8,10H2,1H3. The maximum Gasteiger partial charge on any atom is 0.123 e. The van der Waals surface area contributed by atoms with Crippen LogP contribution in [0.1, 0.15) is 24.5 Å². The highest BCUT2D eigenvalue weighted by atomic mass is 16.5. The molecule has 2 rings (SSSR count). The Bertz CT molecular complexity index is 339. The van der Waals surface area contributed by atoms with E-state index in [1.807, 2.05) is 19.1 Å². The predicted octanol–water partition coefficient (Wildman–Crippen LogP) is 3.13. The van der Waals surface area contributed by atoms with Crippen LogP contribution in [0.25, 0.3) is 0 Å². The van der Waals surface area contributed by atoms with Crippen LogP contribution in [-0.4, -0.2) is 6.61 Å². The zero-order valence-corrected chi connectivity index (χ0v) is 8.62. The van der Waals surface area contributed by atoms with Gasteiger partial charge in [-0.15, -0.1) is 0 Å². The van der Waals surface area contributed by atoms with Gasteiger partial charge < -0.3 is 4.74 Å². The van der Waals surface area contributed by atoms with Gasteiger partial charge in [0.15, 0.2) is 0 Å². The Labute approximate surface area is 85.4 Å². The van der Waals surface area contributed by atoms with Crippen LogP contribution in [0, 0.1) is 0 Å². The second-order valence-corrected chi connectivity index (χ2v) is 3.63. The summed E-state index contributed by atoms with van der Waals surface area (Å²) in [7, 11) is 0. The average Bonchev–Trinajstić information content (AvgIpc) is 2.67. The monoisotopic (exact) mass is 188 g/mol. The highest BCUT2D eigenvalue weighted by Crippen LogP contribution is 2.30. The number of allylic oxidation sites excluding steroid dienone is 1. The van der Waals surface area contributed by atoms with Gasteiger partial charge in [-0.3, -0.25) is 0 Å². The first-order valence-corrected chi connectivity index (χ1v) is 5.26. The van der Waals surface area contributed by atoms with Gasteiger partial charge in [-0.05, 0) is 43.4 Å². The summed E-state index contributed by atoms with van der Waals surface area (Å²) >= 11 is 0. The van der Waals surface area contributed by atoms with Gasteiger partial charge in [0.05, 0.1) is 0 Å². The SMILES string of the molecule is CC=CCOc1cccc2c1CCC2. The van der Waals surface area contributed by atoms with E-state index in [0.717, 1.165) is 5.75 Å². The molecule has 0 radical (unpaired) electrons. The normalized spacial score (nSPS) is 14.6. The molecule has 0 atom stereocenters. The van der Waals surface area contributed by atoms with E-state index in [2.05, 4.69) is 18.2 Å². The maximum absolute atomic E-state index is 5.70. The summed E-state index contributed by atoms with van der Waals surface area (Å²) in [4.78, 5) is 0. The number of hydrogen-bond donors (Lipinski definition) is 0. The van der Waals surface area contributed by atoms with Crippen LogP contribution in [0.4, 0.5) is 0 Å². The smallest absolute Gasteiger partial charge is 0.123 e. The minimum atomic E-state index is 0.687. The molecule has 0 saturated heterocycles. The largest absolute Gasteiger partial charge is 0.489 e. The third-order valence-corrected chi connectivity index (χ3v) is 2.67. The fourth-order valence-electron chi connectivity index (χ4n) is 1.95. The summed E-state index contributed by atoms with van der Waals surface area (Å²) < 4.78 is 5.70. The number of ether oxygens (including phenoxy) is 1. The number of benzene rings is 1. The van der Waals surface area contributed by atoms with Gasteiger partial charge in [0.25, 0.3) is 0 Å². The number of fused-ring (bicyclic) bond motifs is 1. The van der Waals surface area contributed by atoms with Crippen molar-refractivity contribution in [1.29, 1.82) is 0 Å². The van der Waals surface area contributed by atoms with Crippen LogP contribution in [0.3, 0.4) is 0 Å². The molecule has 1 aromatic rings. The molecule has 1 aliphatic rings. The molecule has 0 aliphatic heterocycles. The highest BCUT2D eigenvalue weighted by molar-refractivity contribution is 5.43. The lowest BCUT2D eigenvalue weighted by molar-refractivity contribution is 0.359. The molecule has 0 bridgehead atoms. The highest BCUT2D eigenvalue weighted by Gasteiger charge is 2.14. The molecular weight excluding hydrogens is 172 g/mol. The molecule has 74 valence electrons. The van der Waals surface area contributed by atoms with Gasteiger partial charge in [0.2, 0.25) is 0 Å². The average molecular weight is 188 g/mol. The predicted molar refractivity (Wildman–Crippen MR) is 58.8 cm³/mol. The van der Waals surface area contributed by atoms with Gasteiger partial charge in [-0.2, -0.15) is 0 Å². The third kappa shape index (κ3) is 1.82. The van der Waals surface area contributed by atoms with E-state index in [-0.39, 0.29) is 0 Å². The molecule has 1 heteroatoms. The van der Waals surface area contributed by atoms with Crippen molar-refractivity contribution in [3.05, 3.63) is 41.5 Å². The Morgan fingerprint density at radius 2 is 2.29 bits per heavy atom. The molecule has 1 aliphatic carbocycles. The Morgan fingerprint density at radius 1 is 1.36 bits per heavy atom. The van der Waals surface area contributed by atoms with Crippen molar-refractivity contribution >= 4 is 0 Å². The Kier molecular flexibility index (Phi) is 2.87. The van der Waals surface area contributed by atoms with Gasteiger partial charge >= 0.3 is 0 Å². The zero-order valence-electron chi connectivity index (χ0n) is 8.62. The van der Waals surface area contributed by atoms with Crippen molar-refractivity contribution < 1.29 is 4.74 Å². The molecule has 0 unspecified atom stereocenters. The number of hydrogen-bond acceptors (Lipinski definition) is 1. The maximum atomic E-state index is 5.70. The van der Waals surface area contributed by atoms with Crippen molar-refractivity contribution in [3.8, 4) is 5.75 Å². The van der Waals surface area contributed by atoms with E-state index in [4.69, 9.17) is 4.74 Å². The van der Waals surface area contributed by atoms with Crippen LogP contribution in [-0.2, 0) is 12.8 Å². The van der Waals surface area contributed by atoms with Crippen molar-refractivity contribution in [3.63, 3.8) is 0 Å². The van der Waals surface area contributed by atoms with E-state index < -0.39 is 0 Å². The first-order valence-electron chi connectivity index (χ1n) is 5.26. The van der Waals surface area contributed by atoms with Crippen LogP contribution in [0.15, 0.2) is 30.4 Å². The molecular formula is C13H16O. The second-order valence-electron chi connectivity index (χ2n) is 3.63. The molecule has 1 aromatic carbocycles. The molecule has 0 saturated carbocycles. The van der Waals surface area contributed by atoms with Gasteiger partial charge in [-0.1, -0.05) is 24.3 Å². The first-order chi connectivity index (χ1) is 6.92. The summed E-state index contributed by atoms with van der Waals surface area (Å²) in [5.74, 6) is 1.08. The Morgan fingerprint density at radius 3 is 3.14 bits per heavy atom. The molecule has 0 spiro atoms. The molecule has 1 nitrogen and oxygen atoms in total. The Balaban J connectivity index is 2.13. The van der Waals surface area contributed by atoms with E-state index in [9.17, 15) is 0 Å². The van der Waals surface area contributed by atoms with Gasteiger partial charge in [0, 0.05) is 0 Å². The van der Waals surface area contributed by atoms with Crippen molar-refractivity contribution in [2.75, 3.05) is 6.61 Å². The van der Waals surface area contributed by atoms with E-state index in [1.165, 1.54) is 30.4 Å². The van der Waals surface area contributed by atoms with Crippen LogP contribution >= 0.6 is 0 Å². The van der Waals surface area contributed by atoms with Crippen molar-refractivity contribution in [2.45, 2.75) is 26.2 Å². The molecule has 0 fully saturated rings. The molecule has 0 aromatic heterocycles. The van der Waals surface area contributed by atoms with E-state index in [1.54, 1.807) is 0 Å². The molecule has 0 amide bonds. The minimum absolute atomic E-state index is 0.687. The van der Waals surface area contributed by atoms with Crippen molar-refractivity contribution in [2.24, 2.45) is 0 Å². The fraction of sp³-hybridized carbons (Fsp3) is 0.385. The quantitative estimate of drug-likeness (QED) is 0.662. The van der Waals surface area contributed by atoms with Crippen molar-refractivity contribution in [1.82, 2.24) is 0 Å². The first kappa shape index (κ1) is 9.32. The third-order valence-electron chi connectivity index (χ3n) is 2.67. The lowest BCUT2D eigenvalue weighted by Crippen LogP contribution is -1.96. The van der Waals surface area contributed by atoms with Gasteiger partial charge in [0.1, 0.15) is 12.4 Å². The van der Waals surface area contributed by atoms with Gasteiger partial charge in [-0.25, -0.2) is 0 Å². The van der Waals surface area contributed by atoms with E-state index in [0.29, 0.717) is 6.61 Å².